The minimum Gasteiger partial charge on any atom is -0.335 e. The summed E-state index contributed by atoms with van der Waals surface area (Å²) in [4.78, 5) is 77.4. The first kappa shape index (κ1) is 74.0. The number of urea groups is 4. The molecule has 8 aromatic carbocycles. The van der Waals surface area contributed by atoms with Crippen LogP contribution in [0.2, 0.25) is 17.3 Å². The van der Waals surface area contributed by atoms with Gasteiger partial charge in [0.1, 0.15) is 23.3 Å². The van der Waals surface area contributed by atoms with Crippen molar-refractivity contribution in [1.82, 2.24) is 21.3 Å². The van der Waals surface area contributed by atoms with Crippen LogP contribution in [0.1, 0.15) is 68.7 Å². The maximum atomic E-state index is 15.0. The topological polar surface area (TPSA) is 179 Å². The van der Waals surface area contributed by atoms with Crippen LogP contribution in [0, 0.1) is 23.3 Å². The average Bonchev–Trinajstić information content (AvgIpc) is 1.59. The second kappa shape index (κ2) is 31.4. The van der Waals surface area contributed by atoms with Gasteiger partial charge in [0.05, 0.1) is 64.3 Å². The Hall–Kier alpha value is -10.8. The lowest BCUT2D eigenvalue weighted by Crippen LogP contribution is -2.30. The minimum absolute atomic E-state index is 0.0399. The Morgan fingerprint density at radius 2 is 0.670 bits per heavy atom. The highest BCUT2D eigenvalue weighted by Gasteiger charge is 2.40. The quantitative estimate of drug-likeness (QED) is 0.0890. The largest absolute Gasteiger partial charge is 0.335 e. The molecule has 16 nitrogen and oxygen atoms in total. The monoisotopic (exact) mass is 1640 g/mol. The van der Waals surface area contributed by atoms with Crippen LogP contribution in [0.3, 0.4) is 0 Å². The predicted molar refractivity (Wildman–Crippen MR) is 447 cm³/mol. The van der Waals surface area contributed by atoms with E-state index in [9.17, 15) is 23.6 Å². The normalized spacial score (nSPS) is 17.9. The molecule has 4 atom stereocenters. The summed E-state index contributed by atoms with van der Waals surface area (Å²) in [6.45, 7) is 1.46. The van der Waals surface area contributed by atoms with Gasteiger partial charge in [-0.25, -0.2) is 36.7 Å². The summed E-state index contributed by atoms with van der Waals surface area (Å²) in [6.07, 6.45) is 10.6. The number of hydrogen-bond acceptors (Lipinski definition) is 12. The van der Waals surface area contributed by atoms with Crippen LogP contribution in [-0.4, -0.2) is 75.2 Å². The fourth-order valence-corrected chi connectivity index (χ4v) is 19.0. The van der Waals surface area contributed by atoms with Gasteiger partial charge < -0.3 is 21.3 Å². The van der Waals surface area contributed by atoms with Crippen LogP contribution < -0.4 is 40.9 Å². The molecular formula is C84H60Cl4F4N12O4S4. The number of hydrogen-bond donors (Lipinski definition) is 4. The van der Waals surface area contributed by atoms with Crippen LogP contribution >= 0.6 is 91.8 Å². The Morgan fingerprint density at radius 3 is 1.08 bits per heavy atom. The molecule has 8 amide bonds. The van der Waals surface area contributed by atoms with E-state index in [2.05, 4.69) is 71.6 Å². The number of carbonyl (C=O) groups excluding carboxylic acids is 4. The van der Waals surface area contributed by atoms with Crippen LogP contribution in [0.5, 0.6) is 0 Å². The van der Waals surface area contributed by atoms with E-state index in [4.69, 9.17) is 46.4 Å². The fourth-order valence-electron chi connectivity index (χ4n) is 14.8. The molecular weight excluding hydrogens is 1590 g/mol. The first-order valence-corrected chi connectivity index (χ1v) is 40.3. The van der Waals surface area contributed by atoms with E-state index in [1.165, 1.54) is 68.7 Å². The second-order valence-corrected chi connectivity index (χ2v) is 33.8. The van der Waals surface area contributed by atoms with Crippen LogP contribution in [0.15, 0.2) is 214 Å². The van der Waals surface area contributed by atoms with E-state index in [1.54, 1.807) is 75.9 Å². The molecule has 4 unspecified atom stereocenters. The Balaban J connectivity index is 0.000000108. The molecule has 112 heavy (non-hydrogen) atoms. The number of aliphatic imine (C=N–C) groups is 4. The molecule has 12 aromatic rings. The average molecular weight is 1650 g/mol. The lowest BCUT2D eigenvalue weighted by atomic mass is 10.0. The molecule has 4 aromatic heterocycles. The van der Waals surface area contributed by atoms with Gasteiger partial charge in [-0.05, 0) is 171 Å². The van der Waals surface area contributed by atoms with E-state index < -0.39 is 29.7 Å². The number of amides is 8. The van der Waals surface area contributed by atoms with Crippen molar-refractivity contribution in [3.8, 4) is 41.8 Å². The van der Waals surface area contributed by atoms with Gasteiger partial charge in [0.15, 0.2) is 0 Å². The Kier molecular flexibility index (Phi) is 20.7. The number of thiophene rings is 4. The molecule has 4 fully saturated rings. The first-order chi connectivity index (χ1) is 54.4. The Labute approximate surface area is 675 Å². The van der Waals surface area contributed by atoms with Gasteiger partial charge in [-0.15, -0.1) is 45.3 Å². The predicted octanol–water partition coefficient (Wildman–Crippen LogP) is 22.9. The lowest BCUT2D eigenvalue weighted by Gasteiger charge is -2.25. The van der Waals surface area contributed by atoms with Crippen molar-refractivity contribution >= 4 is 186 Å². The van der Waals surface area contributed by atoms with Crippen molar-refractivity contribution in [2.75, 3.05) is 45.8 Å². The first-order valence-electron chi connectivity index (χ1n) is 35.5. The van der Waals surface area contributed by atoms with Crippen LogP contribution in [0.25, 0.3) is 41.8 Å². The molecule has 28 heteroatoms. The van der Waals surface area contributed by atoms with Gasteiger partial charge in [0.25, 0.3) is 0 Å². The van der Waals surface area contributed by atoms with Gasteiger partial charge >= 0.3 is 24.1 Å². The summed E-state index contributed by atoms with van der Waals surface area (Å²) in [5.74, 6) is -2.06. The standard InChI is InChI=1S/C21H14ClF2N3OS.2C21H15ClFN3OS.C21H16ClN3OS/c22-19-4-3-18(29-19)12-7-14(23)20(15(24)8-12)17-10-26-21(28)27(17)13-2-1-11-5-6-25-16(11)9-13;22-20-6-5-19(28-20)13-2-4-15(16(23)9-13)18-11-25-21(27)26(18)14-3-1-12-7-8-24-17(12)10-14;22-20-6-5-19(28-20)15-4-2-13(9-16(15)23)18-11-25-21(27)26(18)14-3-1-12-7-8-24-17(12)10-14;22-20-8-7-19(27-20)15-3-1-14(2-4-15)18-12-24-21(26)25(18)16-6-5-13-9-10-23-17(13)11-16/h1-4,6-9,17H,5,10H2,(H,26,28);2*1-6,8-10,18H,7,11H2,(H,25,27);1-8,10-11,18H,9,12H2,(H,24,26). The van der Waals surface area contributed by atoms with E-state index in [0.717, 1.165) is 118 Å². The zero-order valence-corrected chi connectivity index (χ0v) is 64.9. The third-order valence-corrected chi connectivity index (χ3v) is 25.4. The zero-order valence-electron chi connectivity index (χ0n) is 58.6. The molecule has 8 aliphatic heterocycles. The third kappa shape index (κ3) is 14.9. The molecule has 0 spiro atoms. The molecule has 0 saturated carbocycles. The number of nitrogens with one attached hydrogen (secondary N) is 4. The van der Waals surface area contributed by atoms with E-state index in [1.807, 2.05) is 115 Å². The Bertz CT molecular complexity index is 5880. The van der Waals surface area contributed by atoms with Gasteiger partial charge in [-0.1, -0.05) is 119 Å². The molecule has 20 rings (SSSR count). The highest BCUT2D eigenvalue weighted by molar-refractivity contribution is 7.20. The highest BCUT2D eigenvalue weighted by atomic mass is 35.5. The van der Waals surface area contributed by atoms with Crippen LogP contribution in [-0.2, 0) is 25.7 Å². The molecule has 0 bridgehead atoms. The number of fused-ring (bicyclic) bond motifs is 4. The molecule has 8 aliphatic rings. The molecule has 4 N–H and O–H groups in total. The van der Waals surface area contributed by atoms with E-state index in [0.29, 0.717) is 65.6 Å². The van der Waals surface area contributed by atoms with Crippen molar-refractivity contribution in [3.05, 3.63) is 279 Å². The number of rotatable bonds is 12. The van der Waals surface area contributed by atoms with Crippen molar-refractivity contribution in [1.29, 1.82) is 0 Å². The molecule has 0 radical (unpaired) electrons. The van der Waals surface area contributed by atoms with Gasteiger partial charge in [0, 0.05) is 136 Å². The van der Waals surface area contributed by atoms with Crippen molar-refractivity contribution in [3.63, 3.8) is 0 Å². The minimum atomic E-state index is -0.799. The maximum absolute atomic E-state index is 15.0. The Morgan fingerprint density at radius 1 is 0.321 bits per heavy atom. The molecule has 0 aliphatic carbocycles. The second-order valence-electron chi connectivity index (χ2n) is 27.0. The summed E-state index contributed by atoms with van der Waals surface area (Å²) in [6, 6.07) is 56.4. The SMILES string of the molecule is O=C1NCC(c2c(F)cc(-c3ccc(Cl)s3)cc2F)N1c1ccc2c(c1)N=CC2.O=C1NCC(c2ccc(-c3ccc(Cl)s3)c(F)c2)N1c1ccc2c(c1)N=CC2.O=C1NCC(c2ccc(-c3ccc(Cl)s3)cc2)N1c1ccc2c(c1)N=CC2.O=C1NCC(c2ccc(-c3ccc(Cl)s3)cc2F)N1c1ccc2c(c1)N=CC2. The summed E-state index contributed by atoms with van der Waals surface area (Å²) in [7, 11) is 0. The number of anilines is 4. The molecule has 4 saturated heterocycles. The van der Waals surface area contributed by atoms with E-state index >= 15 is 13.2 Å². The molecule has 560 valence electrons. The number of carbonyl (C=O) groups is 4. The summed E-state index contributed by atoms with van der Waals surface area (Å²) >= 11 is 29.5. The van der Waals surface area contributed by atoms with Gasteiger partial charge in [-0.3, -0.25) is 39.6 Å². The summed E-state index contributed by atoms with van der Waals surface area (Å²) in [5.41, 5.74) is 15.9. The summed E-state index contributed by atoms with van der Waals surface area (Å²) in [5, 5.41) is 11.3. The van der Waals surface area contributed by atoms with Gasteiger partial charge in [0.2, 0.25) is 0 Å². The van der Waals surface area contributed by atoms with Crippen molar-refractivity contribution < 1.29 is 36.7 Å². The lowest BCUT2D eigenvalue weighted by molar-refractivity contribution is 0.251. The molecule has 12 heterocycles. The number of nitrogens with zero attached hydrogens (tertiary/aromatic N) is 8. The highest BCUT2D eigenvalue weighted by Crippen LogP contribution is 2.45. The smallest absolute Gasteiger partial charge is 0.322 e. The zero-order chi connectivity index (χ0) is 77.0. The maximum Gasteiger partial charge on any atom is 0.322 e. The number of benzene rings is 8. The van der Waals surface area contributed by atoms with E-state index in [-0.39, 0.29) is 53.9 Å². The summed E-state index contributed by atoms with van der Waals surface area (Å²) < 4.78 is 62.5. The number of halogens is 8. The third-order valence-electron chi connectivity index (χ3n) is 20.3. The van der Waals surface area contributed by atoms with Crippen LogP contribution in [0.4, 0.5) is 82.2 Å². The van der Waals surface area contributed by atoms with Gasteiger partial charge in [-0.2, -0.15) is 0 Å². The van der Waals surface area contributed by atoms with Crippen molar-refractivity contribution in [2.45, 2.75) is 49.9 Å². The fraction of sp³-hybridized carbons (Fsp3) is 0.143. The van der Waals surface area contributed by atoms with Crippen molar-refractivity contribution in [2.24, 2.45) is 20.0 Å².